The first-order valence-corrected chi connectivity index (χ1v) is 7.63. The minimum atomic E-state index is -0.695. The molecule has 0 aromatic heterocycles. The number of anilines is 1. The Balaban J connectivity index is 2.44. The molecule has 0 aliphatic heterocycles. The number of non-ortho nitro benzene ring substituents is 1. The van der Waals surface area contributed by atoms with Crippen molar-refractivity contribution < 1.29 is 9.85 Å². The van der Waals surface area contributed by atoms with Crippen LogP contribution in [0.15, 0.2) is 41.5 Å². The number of halogens is 2. The van der Waals surface area contributed by atoms with Crippen molar-refractivity contribution in [2.45, 2.75) is 6.92 Å². The van der Waals surface area contributed by atoms with Gasteiger partial charge < -0.3 is 0 Å². The summed E-state index contributed by atoms with van der Waals surface area (Å²) in [5.74, 6) is 0. The number of nitro groups is 2. The zero-order chi connectivity index (χ0) is 18.7. The van der Waals surface area contributed by atoms with Crippen LogP contribution in [0.4, 0.5) is 17.1 Å². The number of nitro benzene ring substituents is 2. The SMILES string of the molecule is CC(=NN(C)c1ccc([N+](=O)[O-])cc1[N+](=O)[O-])c1cc(Cl)cc(Cl)c1. The van der Waals surface area contributed by atoms with Crippen LogP contribution in [0.2, 0.25) is 10.0 Å². The van der Waals surface area contributed by atoms with Crippen molar-refractivity contribution in [2.24, 2.45) is 5.10 Å². The van der Waals surface area contributed by atoms with E-state index in [2.05, 4.69) is 5.10 Å². The Morgan fingerprint density at radius 2 is 1.64 bits per heavy atom. The highest BCUT2D eigenvalue weighted by atomic mass is 35.5. The smallest absolute Gasteiger partial charge is 0.261 e. The Labute approximate surface area is 152 Å². The van der Waals surface area contributed by atoms with Crippen molar-refractivity contribution in [3.05, 3.63) is 72.2 Å². The average molecular weight is 383 g/mol. The van der Waals surface area contributed by atoms with Crippen LogP contribution in [0.5, 0.6) is 0 Å². The van der Waals surface area contributed by atoms with Gasteiger partial charge in [0, 0.05) is 28.7 Å². The first-order chi connectivity index (χ1) is 11.7. The molecule has 0 N–H and O–H groups in total. The molecule has 0 saturated heterocycles. The minimum Gasteiger partial charge on any atom is -0.261 e. The largest absolute Gasteiger partial charge is 0.301 e. The van der Waals surface area contributed by atoms with E-state index in [-0.39, 0.29) is 11.4 Å². The number of nitrogens with zero attached hydrogens (tertiary/aromatic N) is 4. The minimum absolute atomic E-state index is 0.114. The fraction of sp³-hybridized carbons (Fsp3) is 0.133. The summed E-state index contributed by atoms with van der Waals surface area (Å²) in [6.45, 7) is 1.69. The molecule has 0 fully saturated rings. The molecule has 0 spiro atoms. The van der Waals surface area contributed by atoms with E-state index in [1.807, 2.05) is 0 Å². The molecule has 2 rings (SSSR count). The maximum atomic E-state index is 11.2. The molecule has 0 atom stereocenters. The van der Waals surface area contributed by atoms with Gasteiger partial charge in [-0.15, -0.1) is 0 Å². The quantitative estimate of drug-likeness (QED) is 0.424. The van der Waals surface area contributed by atoms with E-state index in [1.54, 1.807) is 25.1 Å². The number of hydrazone groups is 1. The van der Waals surface area contributed by atoms with Crippen molar-refractivity contribution in [2.75, 3.05) is 12.1 Å². The highest BCUT2D eigenvalue weighted by Crippen LogP contribution is 2.31. The normalized spacial score (nSPS) is 11.3. The van der Waals surface area contributed by atoms with E-state index in [4.69, 9.17) is 23.2 Å². The lowest BCUT2D eigenvalue weighted by Crippen LogP contribution is -2.14. The van der Waals surface area contributed by atoms with E-state index in [0.29, 0.717) is 21.3 Å². The van der Waals surface area contributed by atoms with Gasteiger partial charge in [-0.25, -0.2) is 0 Å². The van der Waals surface area contributed by atoms with Gasteiger partial charge in [-0.2, -0.15) is 5.10 Å². The second kappa shape index (κ2) is 7.45. The fourth-order valence-corrected chi connectivity index (χ4v) is 2.67. The molecule has 0 radical (unpaired) electrons. The van der Waals surface area contributed by atoms with E-state index in [1.165, 1.54) is 24.2 Å². The van der Waals surface area contributed by atoms with Gasteiger partial charge >= 0.3 is 5.69 Å². The first kappa shape index (κ1) is 18.6. The van der Waals surface area contributed by atoms with E-state index in [9.17, 15) is 20.2 Å². The highest BCUT2D eigenvalue weighted by molar-refractivity contribution is 6.35. The van der Waals surface area contributed by atoms with Crippen molar-refractivity contribution in [1.29, 1.82) is 0 Å². The molecule has 130 valence electrons. The first-order valence-electron chi connectivity index (χ1n) is 6.87. The van der Waals surface area contributed by atoms with Crippen LogP contribution in [0.3, 0.4) is 0 Å². The standard InChI is InChI=1S/C15H12Cl2N4O4/c1-9(10-5-11(16)7-12(17)6-10)18-19(2)14-4-3-13(20(22)23)8-15(14)21(24)25/h3-8H,1-2H3. The fourth-order valence-electron chi connectivity index (χ4n) is 2.14. The summed E-state index contributed by atoms with van der Waals surface area (Å²) < 4.78 is 0. The Morgan fingerprint density at radius 1 is 1.04 bits per heavy atom. The van der Waals surface area contributed by atoms with Crippen LogP contribution in [-0.4, -0.2) is 22.6 Å². The van der Waals surface area contributed by atoms with Crippen LogP contribution < -0.4 is 5.01 Å². The molecule has 0 aliphatic rings. The van der Waals surface area contributed by atoms with Gasteiger partial charge in [0.2, 0.25) is 0 Å². The second-order valence-electron chi connectivity index (χ2n) is 5.05. The molecular formula is C15H12Cl2N4O4. The molecule has 8 nitrogen and oxygen atoms in total. The van der Waals surface area contributed by atoms with Crippen molar-refractivity contribution in [1.82, 2.24) is 0 Å². The Kier molecular flexibility index (Phi) is 5.55. The maximum Gasteiger partial charge on any atom is 0.301 e. The summed E-state index contributed by atoms with van der Waals surface area (Å²) in [4.78, 5) is 20.6. The number of hydrogen-bond acceptors (Lipinski definition) is 6. The zero-order valence-corrected chi connectivity index (χ0v) is 14.7. The summed E-state index contributed by atoms with van der Waals surface area (Å²) in [6, 6.07) is 8.24. The molecule has 0 unspecified atom stereocenters. The Morgan fingerprint density at radius 3 is 2.16 bits per heavy atom. The molecule has 10 heteroatoms. The van der Waals surface area contributed by atoms with E-state index >= 15 is 0 Å². The van der Waals surface area contributed by atoms with Gasteiger partial charge in [-0.1, -0.05) is 23.2 Å². The van der Waals surface area contributed by atoms with E-state index < -0.39 is 15.5 Å². The number of rotatable bonds is 5. The predicted octanol–water partition coefficient (Wildman–Crippen LogP) is 4.67. The van der Waals surface area contributed by atoms with Crippen molar-refractivity contribution >= 4 is 46.0 Å². The molecule has 0 aliphatic carbocycles. The molecule has 0 bridgehead atoms. The lowest BCUT2D eigenvalue weighted by Gasteiger charge is -2.15. The molecule has 2 aromatic rings. The summed E-state index contributed by atoms with van der Waals surface area (Å²) in [5, 5.41) is 28.4. The topological polar surface area (TPSA) is 102 Å². The van der Waals surface area contributed by atoms with Crippen LogP contribution in [0.25, 0.3) is 0 Å². The third-order valence-corrected chi connectivity index (χ3v) is 3.73. The predicted molar refractivity (Wildman–Crippen MR) is 96.8 cm³/mol. The molecule has 0 heterocycles. The monoisotopic (exact) mass is 382 g/mol. The lowest BCUT2D eigenvalue weighted by atomic mass is 10.1. The van der Waals surface area contributed by atoms with Crippen LogP contribution in [0, 0.1) is 20.2 Å². The highest BCUT2D eigenvalue weighted by Gasteiger charge is 2.22. The average Bonchev–Trinajstić information content (AvgIpc) is 2.53. The molecule has 25 heavy (non-hydrogen) atoms. The van der Waals surface area contributed by atoms with E-state index in [0.717, 1.165) is 6.07 Å². The van der Waals surface area contributed by atoms with Gasteiger partial charge in [0.1, 0.15) is 5.69 Å². The second-order valence-corrected chi connectivity index (χ2v) is 5.93. The summed E-state index contributed by atoms with van der Waals surface area (Å²) in [5.41, 5.74) is 0.486. The number of benzene rings is 2. The van der Waals surface area contributed by atoms with Crippen molar-refractivity contribution in [3.63, 3.8) is 0 Å². The zero-order valence-electron chi connectivity index (χ0n) is 13.1. The summed E-state index contributed by atoms with van der Waals surface area (Å²) in [6.07, 6.45) is 0. The van der Waals surface area contributed by atoms with Gasteiger partial charge in [-0.3, -0.25) is 25.2 Å². The lowest BCUT2D eigenvalue weighted by molar-refractivity contribution is -0.393. The summed E-state index contributed by atoms with van der Waals surface area (Å²) in [7, 11) is 1.50. The molecule has 0 amide bonds. The molecule has 0 saturated carbocycles. The van der Waals surface area contributed by atoms with Gasteiger partial charge in [0.15, 0.2) is 0 Å². The van der Waals surface area contributed by atoms with Gasteiger partial charge in [0.05, 0.1) is 21.6 Å². The molecular weight excluding hydrogens is 371 g/mol. The van der Waals surface area contributed by atoms with Crippen LogP contribution >= 0.6 is 23.2 Å². The summed E-state index contributed by atoms with van der Waals surface area (Å²) >= 11 is 11.9. The Bertz CT molecular complexity index is 866. The third-order valence-electron chi connectivity index (χ3n) is 3.30. The van der Waals surface area contributed by atoms with Crippen molar-refractivity contribution in [3.8, 4) is 0 Å². The third kappa shape index (κ3) is 4.43. The van der Waals surface area contributed by atoms with Crippen LogP contribution in [0.1, 0.15) is 12.5 Å². The van der Waals surface area contributed by atoms with Gasteiger partial charge in [0.25, 0.3) is 5.69 Å². The maximum absolute atomic E-state index is 11.2. The molecule has 2 aromatic carbocycles. The Hall–Kier alpha value is -2.71. The van der Waals surface area contributed by atoms with Crippen LogP contribution in [-0.2, 0) is 0 Å². The number of hydrogen-bond donors (Lipinski definition) is 0. The van der Waals surface area contributed by atoms with Gasteiger partial charge in [-0.05, 0) is 31.2 Å².